The average molecular weight is 356 g/mol. The first-order valence-electron chi connectivity index (χ1n) is 8.99. The molecule has 4 rings (SSSR count). The number of carbonyl (C=O) groups is 2. The molecule has 0 radical (unpaired) electrons. The molecule has 1 heterocycles. The van der Waals surface area contributed by atoms with Gasteiger partial charge in [0, 0.05) is 6.54 Å². The molecule has 4 nitrogen and oxygen atoms in total. The van der Waals surface area contributed by atoms with Crippen LogP contribution in [-0.4, -0.2) is 21.7 Å². The summed E-state index contributed by atoms with van der Waals surface area (Å²) in [6.07, 6.45) is 0. The van der Waals surface area contributed by atoms with E-state index in [1.165, 1.54) is 4.90 Å². The molecule has 0 spiro atoms. The zero-order valence-corrected chi connectivity index (χ0v) is 14.9. The first-order valence-corrected chi connectivity index (χ1v) is 8.99. The van der Waals surface area contributed by atoms with Crippen molar-refractivity contribution >= 4 is 11.9 Å². The van der Waals surface area contributed by atoms with Crippen molar-refractivity contribution in [1.82, 2.24) is 9.80 Å². The summed E-state index contributed by atoms with van der Waals surface area (Å²) in [6, 6.07) is 28.0. The second-order valence-electron chi connectivity index (χ2n) is 6.62. The number of amides is 3. The zero-order valence-electron chi connectivity index (χ0n) is 14.9. The molecule has 1 aliphatic rings. The SMILES string of the molecule is O=C1C(c2ccccc2)N(Cc2ccccc2)C(=O)N1Cc1ccccc1. The quantitative estimate of drug-likeness (QED) is 0.636. The van der Waals surface area contributed by atoms with Crippen LogP contribution in [0.4, 0.5) is 4.79 Å². The van der Waals surface area contributed by atoms with Gasteiger partial charge in [0.2, 0.25) is 0 Å². The molecule has 134 valence electrons. The highest BCUT2D eigenvalue weighted by atomic mass is 16.2. The average Bonchev–Trinajstić information content (AvgIpc) is 2.94. The Morgan fingerprint density at radius 1 is 0.630 bits per heavy atom. The van der Waals surface area contributed by atoms with Gasteiger partial charge in [0.1, 0.15) is 6.04 Å². The van der Waals surface area contributed by atoms with Crippen molar-refractivity contribution < 1.29 is 9.59 Å². The largest absolute Gasteiger partial charge is 0.328 e. The molecule has 3 aromatic carbocycles. The molecule has 1 atom stereocenters. The van der Waals surface area contributed by atoms with E-state index in [4.69, 9.17) is 0 Å². The summed E-state index contributed by atoms with van der Waals surface area (Å²) < 4.78 is 0. The van der Waals surface area contributed by atoms with Crippen LogP contribution in [0.3, 0.4) is 0 Å². The van der Waals surface area contributed by atoms with E-state index >= 15 is 0 Å². The maximum Gasteiger partial charge on any atom is 0.328 e. The number of imide groups is 1. The van der Waals surface area contributed by atoms with Crippen molar-refractivity contribution in [3.8, 4) is 0 Å². The molecular formula is C23H20N2O2. The summed E-state index contributed by atoms with van der Waals surface area (Å²) in [4.78, 5) is 29.3. The van der Waals surface area contributed by atoms with Crippen LogP contribution in [0.2, 0.25) is 0 Å². The number of hydrogen-bond donors (Lipinski definition) is 0. The molecule has 0 bridgehead atoms. The number of carbonyl (C=O) groups excluding carboxylic acids is 2. The van der Waals surface area contributed by atoms with Gasteiger partial charge in [-0.25, -0.2) is 4.79 Å². The van der Waals surface area contributed by atoms with Crippen molar-refractivity contribution in [2.75, 3.05) is 0 Å². The first kappa shape index (κ1) is 17.0. The molecule has 0 aromatic heterocycles. The fourth-order valence-electron chi connectivity index (χ4n) is 3.45. The fourth-order valence-corrected chi connectivity index (χ4v) is 3.45. The molecule has 1 fully saturated rings. The van der Waals surface area contributed by atoms with Crippen LogP contribution in [0.5, 0.6) is 0 Å². The van der Waals surface area contributed by atoms with Crippen molar-refractivity contribution in [2.45, 2.75) is 19.1 Å². The molecule has 4 heteroatoms. The minimum absolute atomic E-state index is 0.175. The van der Waals surface area contributed by atoms with Crippen molar-refractivity contribution in [3.63, 3.8) is 0 Å². The van der Waals surface area contributed by atoms with E-state index in [2.05, 4.69) is 0 Å². The third-order valence-electron chi connectivity index (χ3n) is 4.78. The lowest BCUT2D eigenvalue weighted by molar-refractivity contribution is -0.128. The molecule has 3 aromatic rings. The predicted molar refractivity (Wildman–Crippen MR) is 104 cm³/mol. The fraction of sp³-hybridized carbons (Fsp3) is 0.130. The van der Waals surface area contributed by atoms with Gasteiger partial charge in [-0.1, -0.05) is 91.0 Å². The second-order valence-corrected chi connectivity index (χ2v) is 6.62. The minimum atomic E-state index is -0.595. The van der Waals surface area contributed by atoms with E-state index in [0.717, 1.165) is 16.7 Å². The van der Waals surface area contributed by atoms with Crippen LogP contribution in [0, 0.1) is 0 Å². The van der Waals surface area contributed by atoms with E-state index < -0.39 is 6.04 Å². The lowest BCUT2D eigenvalue weighted by Crippen LogP contribution is -2.32. The van der Waals surface area contributed by atoms with Crippen molar-refractivity contribution in [2.24, 2.45) is 0 Å². The number of nitrogens with zero attached hydrogens (tertiary/aromatic N) is 2. The molecule has 27 heavy (non-hydrogen) atoms. The molecule has 3 amide bonds. The molecule has 1 aliphatic heterocycles. The van der Waals surface area contributed by atoms with Gasteiger partial charge in [0.25, 0.3) is 5.91 Å². The Hall–Kier alpha value is -3.40. The Morgan fingerprint density at radius 3 is 1.67 bits per heavy atom. The van der Waals surface area contributed by atoms with E-state index in [1.807, 2.05) is 91.0 Å². The summed E-state index contributed by atoms with van der Waals surface area (Å²) >= 11 is 0. The van der Waals surface area contributed by atoms with Gasteiger partial charge in [-0.3, -0.25) is 9.69 Å². The maximum atomic E-state index is 13.2. The van der Waals surface area contributed by atoms with Crippen molar-refractivity contribution in [1.29, 1.82) is 0 Å². The standard InChI is InChI=1S/C23H20N2O2/c26-22-21(20-14-8-3-9-15-20)24(16-18-10-4-1-5-11-18)23(27)25(22)17-19-12-6-2-7-13-19/h1-15,21H,16-17H2. The normalized spacial score (nSPS) is 16.8. The predicted octanol–water partition coefficient (Wildman–Crippen LogP) is 4.39. The summed E-state index contributed by atoms with van der Waals surface area (Å²) in [7, 11) is 0. The van der Waals surface area contributed by atoms with Gasteiger partial charge in [0.15, 0.2) is 0 Å². The summed E-state index contributed by atoms with van der Waals surface area (Å²) in [5.74, 6) is -0.175. The summed E-state index contributed by atoms with van der Waals surface area (Å²) in [6.45, 7) is 0.684. The van der Waals surface area contributed by atoms with E-state index in [9.17, 15) is 9.59 Å². The Bertz CT molecular complexity index is 926. The number of rotatable bonds is 5. The number of urea groups is 1. The van der Waals surface area contributed by atoms with Crippen LogP contribution < -0.4 is 0 Å². The van der Waals surface area contributed by atoms with Crippen molar-refractivity contribution in [3.05, 3.63) is 108 Å². The topological polar surface area (TPSA) is 40.6 Å². The molecular weight excluding hydrogens is 336 g/mol. The van der Waals surface area contributed by atoms with Crippen LogP contribution in [0.15, 0.2) is 91.0 Å². The van der Waals surface area contributed by atoms with Gasteiger partial charge in [-0.05, 0) is 16.7 Å². The van der Waals surface area contributed by atoms with E-state index in [1.54, 1.807) is 4.90 Å². The maximum absolute atomic E-state index is 13.2. The number of benzene rings is 3. The zero-order chi connectivity index (χ0) is 18.6. The van der Waals surface area contributed by atoms with Gasteiger partial charge in [0.05, 0.1) is 6.54 Å². The Labute approximate surface area is 158 Å². The summed E-state index contributed by atoms with van der Waals surface area (Å²) in [5, 5.41) is 0. The Morgan fingerprint density at radius 2 is 1.11 bits per heavy atom. The van der Waals surface area contributed by atoms with Gasteiger partial charge >= 0.3 is 6.03 Å². The Kier molecular flexibility index (Phi) is 4.71. The smallest absolute Gasteiger partial charge is 0.304 e. The highest BCUT2D eigenvalue weighted by Crippen LogP contribution is 2.33. The van der Waals surface area contributed by atoms with Gasteiger partial charge in [-0.2, -0.15) is 0 Å². The molecule has 0 aliphatic carbocycles. The van der Waals surface area contributed by atoms with Gasteiger partial charge < -0.3 is 4.90 Å². The highest BCUT2D eigenvalue weighted by molar-refractivity contribution is 6.04. The van der Waals surface area contributed by atoms with E-state index in [-0.39, 0.29) is 18.5 Å². The first-order chi connectivity index (χ1) is 13.2. The van der Waals surface area contributed by atoms with Crippen LogP contribution in [0.25, 0.3) is 0 Å². The highest BCUT2D eigenvalue weighted by Gasteiger charge is 2.45. The molecule has 1 saturated heterocycles. The molecule has 0 saturated carbocycles. The third-order valence-corrected chi connectivity index (χ3v) is 4.78. The number of hydrogen-bond acceptors (Lipinski definition) is 2. The minimum Gasteiger partial charge on any atom is -0.304 e. The second kappa shape index (κ2) is 7.46. The van der Waals surface area contributed by atoms with Crippen LogP contribution in [-0.2, 0) is 17.9 Å². The molecule has 0 N–H and O–H groups in total. The lowest BCUT2D eigenvalue weighted by atomic mass is 10.0. The monoisotopic (exact) mass is 356 g/mol. The summed E-state index contributed by atoms with van der Waals surface area (Å²) in [5.41, 5.74) is 2.77. The van der Waals surface area contributed by atoms with Crippen LogP contribution in [0.1, 0.15) is 22.7 Å². The molecule has 1 unspecified atom stereocenters. The van der Waals surface area contributed by atoms with Gasteiger partial charge in [-0.15, -0.1) is 0 Å². The Balaban J connectivity index is 1.68. The lowest BCUT2D eigenvalue weighted by Gasteiger charge is -2.22. The van der Waals surface area contributed by atoms with Crippen LogP contribution >= 0.6 is 0 Å². The van der Waals surface area contributed by atoms with E-state index in [0.29, 0.717) is 6.54 Å². The third kappa shape index (κ3) is 3.47.